The lowest BCUT2D eigenvalue weighted by atomic mass is 9.72. The quantitative estimate of drug-likeness (QED) is 0.791. The molecular weight excluding hydrogens is 224 g/mol. The second-order valence-corrected chi connectivity index (χ2v) is 6.76. The van der Waals surface area contributed by atoms with E-state index in [1.165, 1.54) is 12.8 Å². The summed E-state index contributed by atoms with van der Waals surface area (Å²) >= 11 is 0. The second kappa shape index (κ2) is 6.55. The van der Waals surface area contributed by atoms with Gasteiger partial charge >= 0.3 is 0 Å². The fraction of sp³-hybridized carbons (Fsp3) is 0.933. The van der Waals surface area contributed by atoms with Crippen LogP contribution in [0, 0.1) is 17.8 Å². The van der Waals surface area contributed by atoms with Crippen LogP contribution >= 0.6 is 0 Å². The summed E-state index contributed by atoms with van der Waals surface area (Å²) in [6.07, 6.45) is 3.63. The van der Waals surface area contributed by atoms with Crippen LogP contribution in [0.1, 0.15) is 53.9 Å². The van der Waals surface area contributed by atoms with Crippen molar-refractivity contribution in [2.45, 2.75) is 59.4 Å². The van der Waals surface area contributed by atoms with E-state index in [0.717, 1.165) is 25.4 Å². The zero-order valence-corrected chi connectivity index (χ0v) is 12.7. The van der Waals surface area contributed by atoms with Gasteiger partial charge in [0.2, 0.25) is 5.91 Å². The number of carbonyl (C=O) groups is 1. The largest absolute Gasteiger partial charge is 0.351 e. The van der Waals surface area contributed by atoms with E-state index in [0.29, 0.717) is 11.8 Å². The zero-order valence-electron chi connectivity index (χ0n) is 12.7. The van der Waals surface area contributed by atoms with Crippen molar-refractivity contribution >= 4 is 5.91 Å². The minimum atomic E-state index is -0.0916. The number of nitrogens with one attached hydrogen (secondary N) is 2. The molecule has 1 heterocycles. The number of hydrogen-bond acceptors (Lipinski definition) is 2. The van der Waals surface area contributed by atoms with Crippen LogP contribution in [0.15, 0.2) is 0 Å². The molecule has 2 N–H and O–H groups in total. The first-order valence-corrected chi connectivity index (χ1v) is 7.31. The highest BCUT2D eigenvalue weighted by Gasteiger charge is 2.31. The lowest BCUT2D eigenvalue weighted by Gasteiger charge is -2.38. The summed E-state index contributed by atoms with van der Waals surface area (Å²) in [6.45, 7) is 12.8. The molecule has 3 nitrogen and oxygen atoms in total. The smallest absolute Gasteiger partial charge is 0.217 e. The van der Waals surface area contributed by atoms with E-state index in [1.807, 2.05) is 0 Å². The Kier molecular flexibility index (Phi) is 5.64. The molecule has 1 aliphatic rings. The Labute approximate surface area is 112 Å². The third kappa shape index (κ3) is 4.97. The minimum absolute atomic E-state index is 0.0767. The molecule has 1 fully saturated rings. The summed E-state index contributed by atoms with van der Waals surface area (Å²) in [6, 6.07) is 0. The average molecular weight is 254 g/mol. The van der Waals surface area contributed by atoms with E-state index in [2.05, 4.69) is 38.3 Å². The predicted octanol–water partition coefficient (Wildman–Crippen LogP) is 2.56. The Morgan fingerprint density at radius 3 is 2.33 bits per heavy atom. The van der Waals surface area contributed by atoms with Crippen molar-refractivity contribution in [1.82, 2.24) is 10.6 Å². The summed E-state index contributed by atoms with van der Waals surface area (Å²) in [7, 11) is 0. The van der Waals surface area contributed by atoms with Crippen LogP contribution in [0.5, 0.6) is 0 Å². The van der Waals surface area contributed by atoms with Crippen molar-refractivity contribution in [1.29, 1.82) is 0 Å². The van der Waals surface area contributed by atoms with Gasteiger partial charge in [-0.05, 0) is 64.0 Å². The van der Waals surface area contributed by atoms with Crippen LogP contribution in [0.2, 0.25) is 0 Å². The van der Waals surface area contributed by atoms with Gasteiger partial charge in [-0.2, -0.15) is 0 Å². The molecule has 106 valence electrons. The van der Waals surface area contributed by atoms with E-state index in [-0.39, 0.29) is 11.4 Å². The summed E-state index contributed by atoms with van der Waals surface area (Å²) < 4.78 is 0. The van der Waals surface area contributed by atoms with Crippen molar-refractivity contribution in [3.8, 4) is 0 Å². The maximum atomic E-state index is 11.3. The van der Waals surface area contributed by atoms with Crippen molar-refractivity contribution in [3.05, 3.63) is 0 Å². The standard InChI is InChI=1S/C15H30N2O/c1-11(2)14(13-6-8-16-9-7-13)10-15(4,5)17-12(3)18/h11,13-14,16H,6-10H2,1-5H3,(H,17,18)/t14-/m0/s1. The highest BCUT2D eigenvalue weighted by Crippen LogP contribution is 2.34. The van der Waals surface area contributed by atoms with E-state index in [1.54, 1.807) is 6.92 Å². The number of hydrogen-bond donors (Lipinski definition) is 2. The molecule has 0 bridgehead atoms. The molecule has 1 amide bonds. The molecule has 0 aromatic carbocycles. The highest BCUT2D eigenvalue weighted by molar-refractivity contribution is 5.73. The SMILES string of the molecule is CC(=O)NC(C)(C)C[C@@H](C(C)C)C1CCNCC1. The van der Waals surface area contributed by atoms with Gasteiger partial charge in [-0.25, -0.2) is 0 Å². The monoisotopic (exact) mass is 254 g/mol. The van der Waals surface area contributed by atoms with Gasteiger partial charge in [-0.1, -0.05) is 13.8 Å². The van der Waals surface area contributed by atoms with E-state index >= 15 is 0 Å². The number of piperidine rings is 1. The number of rotatable bonds is 5. The molecule has 0 aromatic heterocycles. The van der Waals surface area contributed by atoms with Crippen LogP contribution in [0.3, 0.4) is 0 Å². The van der Waals surface area contributed by atoms with Crippen molar-refractivity contribution in [2.24, 2.45) is 17.8 Å². The van der Waals surface area contributed by atoms with Gasteiger partial charge in [0.05, 0.1) is 0 Å². The van der Waals surface area contributed by atoms with E-state index < -0.39 is 0 Å². The minimum Gasteiger partial charge on any atom is -0.351 e. The molecule has 1 saturated heterocycles. The Bertz CT molecular complexity index is 268. The van der Waals surface area contributed by atoms with E-state index in [4.69, 9.17) is 0 Å². The molecule has 0 radical (unpaired) electrons. The molecular formula is C15H30N2O. The molecule has 18 heavy (non-hydrogen) atoms. The molecule has 1 aliphatic heterocycles. The first-order valence-electron chi connectivity index (χ1n) is 7.31. The van der Waals surface area contributed by atoms with Crippen LogP contribution in [-0.4, -0.2) is 24.5 Å². The lowest BCUT2D eigenvalue weighted by Crippen LogP contribution is -2.46. The maximum absolute atomic E-state index is 11.3. The van der Waals surface area contributed by atoms with Crippen LogP contribution in [-0.2, 0) is 4.79 Å². The molecule has 0 saturated carbocycles. The van der Waals surface area contributed by atoms with Crippen LogP contribution in [0.4, 0.5) is 0 Å². The van der Waals surface area contributed by atoms with Gasteiger partial charge in [-0.3, -0.25) is 4.79 Å². The summed E-state index contributed by atoms with van der Waals surface area (Å²) in [5.41, 5.74) is -0.0916. The topological polar surface area (TPSA) is 41.1 Å². The van der Waals surface area contributed by atoms with E-state index in [9.17, 15) is 4.79 Å². The fourth-order valence-corrected chi connectivity index (χ4v) is 3.34. The first kappa shape index (κ1) is 15.5. The molecule has 0 unspecified atom stereocenters. The highest BCUT2D eigenvalue weighted by atomic mass is 16.1. The van der Waals surface area contributed by atoms with Gasteiger partial charge in [0.25, 0.3) is 0 Å². The van der Waals surface area contributed by atoms with Gasteiger partial charge in [0, 0.05) is 12.5 Å². The van der Waals surface area contributed by atoms with Crippen molar-refractivity contribution < 1.29 is 4.79 Å². The molecule has 0 spiro atoms. The summed E-state index contributed by atoms with van der Waals surface area (Å²) in [5.74, 6) is 2.27. The summed E-state index contributed by atoms with van der Waals surface area (Å²) in [5, 5.41) is 6.52. The Morgan fingerprint density at radius 1 is 1.33 bits per heavy atom. The van der Waals surface area contributed by atoms with Crippen molar-refractivity contribution in [2.75, 3.05) is 13.1 Å². The number of amides is 1. The van der Waals surface area contributed by atoms with Gasteiger partial charge in [0.15, 0.2) is 0 Å². The van der Waals surface area contributed by atoms with Crippen molar-refractivity contribution in [3.63, 3.8) is 0 Å². The average Bonchev–Trinajstić information content (AvgIpc) is 2.25. The third-order valence-corrected chi connectivity index (χ3v) is 4.11. The molecule has 0 aromatic rings. The fourth-order valence-electron chi connectivity index (χ4n) is 3.34. The Hall–Kier alpha value is -0.570. The van der Waals surface area contributed by atoms with Gasteiger partial charge in [0.1, 0.15) is 0 Å². The molecule has 1 atom stereocenters. The predicted molar refractivity (Wildman–Crippen MR) is 76.4 cm³/mol. The lowest BCUT2D eigenvalue weighted by molar-refractivity contribution is -0.120. The Morgan fingerprint density at radius 2 is 1.89 bits per heavy atom. The molecule has 1 rings (SSSR count). The zero-order chi connectivity index (χ0) is 13.8. The maximum Gasteiger partial charge on any atom is 0.217 e. The van der Waals surface area contributed by atoms with Gasteiger partial charge in [-0.15, -0.1) is 0 Å². The van der Waals surface area contributed by atoms with Gasteiger partial charge < -0.3 is 10.6 Å². The second-order valence-electron chi connectivity index (χ2n) is 6.76. The first-order chi connectivity index (χ1) is 8.32. The summed E-state index contributed by atoms with van der Waals surface area (Å²) in [4.78, 5) is 11.3. The molecule has 3 heteroatoms. The third-order valence-electron chi connectivity index (χ3n) is 4.11. The van der Waals surface area contributed by atoms with Crippen LogP contribution < -0.4 is 10.6 Å². The Balaban J connectivity index is 2.64. The van der Waals surface area contributed by atoms with Crippen LogP contribution in [0.25, 0.3) is 0 Å². The number of carbonyl (C=O) groups excluding carboxylic acids is 1. The molecule has 0 aliphatic carbocycles. The normalized spacial score (nSPS) is 19.9.